The molecule has 0 aliphatic heterocycles. The molecule has 1 aromatic heterocycles. The zero-order chi connectivity index (χ0) is 13.8. The Balaban J connectivity index is 2.05. The van der Waals surface area contributed by atoms with Gasteiger partial charge in [-0.2, -0.15) is 0 Å². The third kappa shape index (κ3) is 4.09. The molecule has 0 aliphatic carbocycles. The Kier molecular flexibility index (Phi) is 5.07. The second kappa shape index (κ2) is 6.59. The van der Waals surface area contributed by atoms with Crippen LogP contribution in [0.2, 0.25) is 0 Å². The number of rotatable bonds is 5. The third-order valence-electron chi connectivity index (χ3n) is 2.78. The van der Waals surface area contributed by atoms with Crippen LogP contribution in [0, 0.1) is 6.92 Å². The van der Waals surface area contributed by atoms with Crippen molar-refractivity contribution in [1.82, 2.24) is 15.5 Å². The Morgan fingerprint density at radius 3 is 2.79 bits per heavy atom. The Hall–Kier alpha value is -0.780. The first-order valence-electron chi connectivity index (χ1n) is 6.38. The number of hydrogen-bond donors (Lipinski definition) is 1. The minimum Gasteiger partial charge on any atom is -0.314 e. The topological polar surface area (TPSA) is 37.8 Å². The second-order valence-corrected chi connectivity index (χ2v) is 6.74. The molecule has 1 aromatic carbocycles. The SMILES string of the molecule is Cc1ccc(-c2nnc(CCNC(C)C)s2)cc1Br. The van der Waals surface area contributed by atoms with Crippen LogP contribution in [0.5, 0.6) is 0 Å². The molecule has 3 nitrogen and oxygen atoms in total. The van der Waals surface area contributed by atoms with Crippen molar-refractivity contribution in [2.75, 3.05) is 6.54 Å². The zero-order valence-electron chi connectivity index (χ0n) is 11.4. The third-order valence-corrected chi connectivity index (χ3v) is 4.66. The van der Waals surface area contributed by atoms with Crippen molar-refractivity contribution < 1.29 is 0 Å². The smallest absolute Gasteiger partial charge is 0.147 e. The fourth-order valence-electron chi connectivity index (χ4n) is 1.66. The molecule has 0 fully saturated rings. The van der Waals surface area contributed by atoms with Crippen molar-refractivity contribution in [3.05, 3.63) is 33.2 Å². The Bertz CT molecular complexity index is 551. The fourth-order valence-corrected chi connectivity index (χ4v) is 2.88. The summed E-state index contributed by atoms with van der Waals surface area (Å²) in [4.78, 5) is 0. The summed E-state index contributed by atoms with van der Waals surface area (Å²) in [5.74, 6) is 0. The summed E-state index contributed by atoms with van der Waals surface area (Å²) < 4.78 is 1.11. The molecule has 1 heterocycles. The maximum atomic E-state index is 4.27. The molecular formula is C14H18BrN3S. The number of halogens is 1. The van der Waals surface area contributed by atoms with Crippen molar-refractivity contribution in [3.63, 3.8) is 0 Å². The summed E-state index contributed by atoms with van der Waals surface area (Å²) in [7, 11) is 0. The van der Waals surface area contributed by atoms with Gasteiger partial charge in [-0.1, -0.05) is 53.2 Å². The normalized spacial score (nSPS) is 11.2. The predicted molar refractivity (Wildman–Crippen MR) is 84.6 cm³/mol. The maximum absolute atomic E-state index is 4.27. The van der Waals surface area contributed by atoms with Gasteiger partial charge in [-0.25, -0.2) is 0 Å². The highest BCUT2D eigenvalue weighted by atomic mass is 79.9. The van der Waals surface area contributed by atoms with Crippen LogP contribution in [-0.2, 0) is 6.42 Å². The monoisotopic (exact) mass is 339 g/mol. The van der Waals surface area contributed by atoms with Gasteiger partial charge in [0.1, 0.15) is 10.0 Å². The van der Waals surface area contributed by atoms with E-state index in [0.717, 1.165) is 33.0 Å². The Morgan fingerprint density at radius 1 is 1.32 bits per heavy atom. The second-order valence-electron chi connectivity index (χ2n) is 4.82. The number of nitrogens with zero attached hydrogens (tertiary/aromatic N) is 2. The molecule has 5 heteroatoms. The minimum atomic E-state index is 0.514. The highest BCUT2D eigenvalue weighted by Gasteiger charge is 2.08. The van der Waals surface area contributed by atoms with E-state index in [1.54, 1.807) is 11.3 Å². The van der Waals surface area contributed by atoms with Gasteiger partial charge in [0, 0.05) is 29.0 Å². The fraction of sp³-hybridized carbons (Fsp3) is 0.429. The number of aryl methyl sites for hydroxylation is 1. The van der Waals surface area contributed by atoms with E-state index < -0.39 is 0 Å². The lowest BCUT2D eigenvalue weighted by Gasteiger charge is -2.05. The van der Waals surface area contributed by atoms with Crippen molar-refractivity contribution in [3.8, 4) is 10.6 Å². The van der Waals surface area contributed by atoms with E-state index in [9.17, 15) is 0 Å². The molecule has 0 aliphatic rings. The summed E-state index contributed by atoms with van der Waals surface area (Å²) in [6, 6.07) is 6.81. The molecule has 0 atom stereocenters. The summed E-state index contributed by atoms with van der Waals surface area (Å²) in [5, 5.41) is 14.0. The molecule has 0 saturated carbocycles. The van der Waals surface area contributed by atoms with Crippen molar-refractivity contribution in [2.24, 2.45) is 0 Å². The Labute approximate surface area is 126 Å². The molecule has 102 valence electrons. The molecule has 0 spiro atoms. The van der Waals surface area contributed by atoms with Gasteiger partial charge in [0.05, 0.1) is 0 Å². The first-order chi connectivity index (χ1) is 9.06. The van der Waals surface area contributed by atoms with Crippen LogP contribution in [0.15, 0.2) is 22.7 Å². The molecule has 0 saturated heterocycles. The lowest BCUT2D eigenvalue weighted by Crippen LogP contribution is -2.24. The quantitative estimate of drug-likeness (QED) is 0.899. The van der Waals surface area contributed by atoms with E-state index in [0.29, 0.717) is 6.04 Å². The van der Waals surface area contributed by atoms with E-state index >= 15 is 0 Å². The van der Waals surface area contributed by atoms with E-state index in [1.807, 2.05) is 0 Å². The highest BCUT2D eigenvalue weighted by Crippen LogP contribution is 2.27. The summed E-state index contributed by atoms with van der Waals surface area (Å²) in [6.07, 6.45) is 0.933. The number of aromatic nitrogens is 2. The molecule has 1 N–H and O–H groups in total. The molecule has 0 bridgehead atoms. The van der Waals surface area contributed by atoms with Crippen LogP contribution < -0.4 is 5.32 Å². The largest absolute Gasteiger partial charge is 0.314 e. The van der Waals surface area contributed by atoms with Gasteiger partial charge in [0.2, 0.25) is 0 Å². The van der Waals surface area contributed by atoms with Crippen molar-refractivity contribution in [1.29, 1.82) is 0 Å². The van der Waals surface area contributed by atoms with Gasteiger partial charge in [-0.15, -0.1) is 10.2 Å². The maximum Gasteiger partial charge on any atom is 0.147 e. The molecule has 19 heavy (non-hydrogen) atoms. The Morgan fingerprint density at radius 2 is 2.11 bits per heavy atom. The van der Waals surface area contributed by atoms with E-state index in [-0.39, 0.29) is 0 Å². The van der Waals surface area contributed by atoms with Crippen molar-refractivity contribution >= 4 is 27.3 Å². The summed E-state index contributed by atoms with van der Waals surface area (Å²) in [5.41, 5.74) is 2.35. The van der Waals surface area contributed by atoms with Crippen LogP contribution in [0.3, 0.4) is 0 Å². The van der Waals surface area contributed by atoms with Crippen LogP contribution in [0.1, 0.15) is 24.4 Å². The van der Waals surface area contributed by atoms with Gasteiger partial charge in [0.25, 0.3) is 0 Å². The van der Waals surface area contributed by atoms with Gasteiger partial charge in [-0.3, -0.25) is 0 Å². The average molecular weight is 340 g/mol. The number of hydrogen-bond acceptors (Lipinski definition) is 4. The molecule has 0 radical (unpaired) electrons. The number of nitrogens with one attached hydrogen (secondary N) is 1. The van der Waals surface area contributed by atoms with Crippen LogP contribution in [0.25, 0.3) is 10.6 Å². The van der Waals surface area contributed by atoms with Gasteiger partial charge >= 0.3 is 0 Å². The number of benzene rings is 1. The van der Waals surface area contributed by atoms with Crippen LogP contribution >= 0.6 is 27.3 Å². The van der Waals surface area contributed by atoms with Gasteiger partial charge < -0.3 is 5.32 Å². The summed E-state index contributed by atoms with van der Waals surface area (Å²) >= 11 is 5.22. The summed E-state index contributed by atoms with van der Waals surface area (Å²) in [6.45, 7) is 7.32. The van der Waals surface area contributed by atoms with Gasteiger partial charge in [0.15, 0.2) is 0 Å². The molecule has 2 rings (SSSR count). The average Bonchev–Trinajstić information content (AvgIpc) is 2.81. The lowest BCUT2D eigenvalue weighted by molar-refractivity contribution is 0.588. The standard InChI is InChI=1S/C14H18BrN3S/c1-9(2)16-7-6-13-17-18-14(19-13)11-5-4-10(3)12(15)8-11/h4-5,8-9,16H,6-7H2,1-3H3. The van der Waals surface area contributed by atoms with Crippen LogP contribution in [-0.4, -0.2) is 22.8 Å². The molecule has 0 amide bonds. The molecule has 0 unspecified atom stereocenters. The van der Waals surface area contributed by atoms with Crippen LogP contribution in [0.4, 0.5) is 0 Å². The minimum absolute atomic E-state index is 0.514. The van der Waals surface area contributed by atoms with Gasteiger partial charge in [-0.05, 0) is 18.6 Å². The lowest BCUT2D eigenvalue weighted by atomic mass is 10.2. The first-order valence-corrected chi connectivity index (χ1v) is 7.99. The van der Waals surface area contributed by atoms with Crippen molar-refractivity contribution in [2.45, 2.75) is 33.2 Å². The first kappa shape index (κ1) is 14.6. The highest BCUT2D eigenvalue weighted by molar-refractivity contribution is 9.10. The predicted octanol–water partition coefficient (Wildman–Crippen LogP) is 3.82. The zero-order valence-corrected chi connectivity index (χ0v) is 13.8. The van der Waals surface area contributed by atoms with E-state index in [4.69, 9.17) is 0 Å². The molecular weight excluding hydrogens is 322 g/mol. The van der Waals surface area contributed by atoms with E-state index in [2.05, 4.69) is 70.4 Å². The molecule has 2 aromatic rings. The van der Waals surface area contributed by atoms with E-state index in [1.165, 1.54) is 5.56 Å².